The topological polar surface area (TPSA) is 33.1 Å². The van der Waals surface area contributed by atoms with E-state index in [0.717, 1.165) is 0 Å². The van der Waals surface area contributed by atoms with Gasteiger partial charge in [-0.3, -0.25) is 4.98 Å². The molecule has 2 heteroatoms. The highest BCUT2D eigenvalue weighted by Gasteiger charge is 1.81. The van der Waals surface area contributed by atoms with Gasteiger partial charge in [0.25, 0.3) is 0 Å². The zero-order chi connectivity index (χ0) is 8.53. The van der Waals surface area contributed by atoms with Crippen molar-refractivity contribution in [3.8, 4) is 0 Å². The van der Waals surface area contributed by atoms with Crippen LogP contribution >= 0.6 is 0 Å². The molecule has 0 aliphatic rings. The van der Waals surface area contributed by atoms with E-state index >= 15 is 0 Å². The van der Waals surface area contributed by atoms with Crippen molar-refractivity contribution in [2.24, 2.45) is 5.92 Å². The van der Waals surface area contributed by atoms with Gasteiger partial charge in [0.05, 0.1) is 0 Å². The summed E-state index contributed by atoms with van der Waals surface area (Å²) in [6.07, 6.45) is 3.50. The number of rotatable bonds is 1. The number of nitrogens with zero attached hydrogens (tertiary/aromatic N) is 1. The fraction of sp³-hybridized carbons (Fsp3) is 0.444. The van der Waals surface area contributed by atoms with E-state index in [1.807, 2.05) is 32.0 Å². The van der Waals surface area contributed by atoms with Crippen LogP contribution in [0, 0.1) is 5.92 Å². The SMILES string of the molecule is CC(C)CO.c1ccncc1. The van der Waals surface area contributed by atoms with E-state index in [1.165, 1.54) is 0 Å². The van der Waals surface area contributed by atoms with Gasteiger partial charge in [0, 0.05) is 19.0 Å². The summed E-state index contributed by atoms with van der Waals surface area (Å²) in [7, 11) is 0. The van der Waals surface area contributed by atoms with Crippen molar-refractivity contribution in [1.29, 1.82) is 0 Å². The van der Waals surface area contributed by atoms with Crippen LogP contribution in [0.4, 0.5) is 0 Å². The molecular weight excluding hydrogens is 138 g/mol. The first-order valence-corrected chi connectivity index (χ1v) is 3.73. The molecule has 0 saturated heterocycles. The minimum atomic E-state index is 0.306. The normalized spacial score (nSPS) is 8.73. The Bertz CT molecular complexity index is 124. The number of aliphatic hydroxyl groups excluding tert-OH is 1. The molecule has 62 valence electrons. The van der Waals surface area contributed by atoms with E-state index in [0.29, 0.717) is 12.5 Å². The van der Waals surface area contributed by atoms with Crippen LogP contribution in [-0.4, -0.2) is 16.7 Å². The Kier molecular flexibility index (Phi) is 6.64. The predicted molar refractivity (Wildman–Crippen MR) is 46.2 cm³/mol. The highest BCUT2D eigenvalue weighted by atomic mass is 16.3. The molecule has 1 aromatic heterocycles. The molecule has 11 heavy (non-hydrogen) atoms. The number of hydrogen-bond donors (Lipinski definition) is 1. The van der Waals surface area contributed by atoms with Crippen LogP contribution in [0.1, 0.15) is 13.8 Å². The lowest BCUT2D eigenvalue weighted by Gasteiger charge is -1.90. The quantitative estimate of drug-likeness (QED) is 0.666. The van der Waals surface area contributed by atoms with Gasteiger partial charge in [0.2, 0.25) is 0 Å². The van der Waals surface area contributed by atoms with Crippen LogP contribution < -0.4 is 0 Å². The van der Waals surface area contributed by atoms with Crippen LogP contribution in [0.25, 0.3) is 0 Å². The first-order chi connectivity index (χ1) is 5.27. The van der Waals surface area contributed by atoms with Crippen molar-refractivity contribution in [3.63, 3.8) is 0 Å². The maximum Gasteiger partial charge on any atom is 0.0453 e. The molecule has 0 aliphatic heterocycles. The summed E-state index contributed by atoms with van der Waals surface area (Å²) in [6, 6.07) is 5.72. The number of hydrogen-bond acceptors (Lipinski definition) is 2. The lowest BCUT2D eigenvalue weighted by Crippen LogP contribution is -1.90. The summed E-state index contributed by atoms with van der Waals surface area (Å²) < 4.78 is 0. The summed E-state index contributed by atoms with van der Waals surface area (Å²) in [5.74, 6) is 0.440. The Balaban J connectivity index is 0.000000187. The first kappa shape index (κ1) is 10.1. The fourth-order valence-corrected chi connectivity index (χ4v) is 0.313. The monoisotopic (exact) mass is 153 g/mol. The van der Waals surface area contributed by atoms with E-state index in [4.69, 9.17) is 5.11 Å². The second-order valence-corrected chi connectivity index (χ2v) is 2.60. The second-order valence-electron chi connectivity index (χ2n) is 2.60. The summed E-state index contributed by atoms with van der Waals surface area (Å²) in [6.45, 7) is 4.25. The summed E-state index contributed by atoms with van der Waals surface area (Å²) in [5, 5.41) is 8.14. The standard InChI is InChI=1S/C5H5N.C4H10O/c1-2-4-6-5-3-1;1-4(2)3-5/h1-5H;4-5H,3H2,1-2H3. The van der Waals surface area contributed by atoms with Crippen molar-refractivity contribution in [2.75, 3.05) is 6.61 Å². The minimum Gasteiger partial charge on any atom is -0.396 e. The molecule has 0 bridgehead atoms. The largest absolute Gasteiger partial charge is 0.396 e. The first-order valence-electron chi connectivity index (χ1n) is 3.73. The molecular formula is C9H15NO. The molecule has 1 heterocycles. The van der Waals surface area contributed by atoms with Gasteiger partial charge < -0.3 is 5.11 Å². The van der Waals surface area contributed by atoms with Gasteiger partial charge in [0.15, 0.2) is 0 Å². The van der Waals surface area contributed by atoms with E-state index < -0.39 is 0 Å². The third kappa shape index (κ3) is 9.11. The summed E-state index contributed by atoms with van der Waals surface area (Å²) >= 11 is 0. The Morgan fingerprint density at radius 2 is 1.64 bits per heavy atom. The van der Waals surface area contributed by atoms with E-state index in [2.05, 4.69) is 4.98 Å². The average molecular weight is 153 g/mol. The summed E-state index contributed by atoms with van der Waals surface area (Å²) in [4.78, 5) is 3.78. The van der Waals surface area contributed by atoms with Crippen molar-refractivity contribution in [3.05, 3.63) is 30.6 Å². The van der Waals surface area contributed by atoms with E-state index in [1.54, 1.807) is 12.4 Å². The van der Waals surface area contributed by atoms with Crippen molar-refractivity contribution in [2.45, 2.75) is 13.8 Å². The molecule has 0 fully saturated rings. The Morgan fingerprint density at radius 3 is 1.73 bits per heavy atom. The molecule has 0 aromatic carbocycles. The van der Waals surface area contributed by atoms with Crippen LogP contribution in [0.3, 0.4) is 0 Å². The molecule has 0 spiro atoms. The lowest BCUT2D eigenvalue weighted by atomic mass is 10.2. The van der Waals surface area contributed by atoms with Crippen molar-refractivity contribution < 1.29 is 5.11 Å². The van der Waals surface area contributed by atoms with Gasteiger partial charge in [0.1, 0.15) is 0 Å². The van der Waals surface area contributed by atoms with Crippen molar-refractivity contribution >= 4 is 0 Å². The molecule has 1 N–H and O–H groups in total. The lowest BCUT2D eigenvalue weighted by molar-refractivity contribution is 0.248. The van der Waals surface area contributed by atoms with E-state index in [-0.39, 0.29) is 0 Å². The van der Waals surface area contributed by atoms with Gasteiger partial charge in [-0.15, -0.1) is 0 Å². The molecule has 2 nitrogen and oxygen atoms in total. The Morgan fingerprint density at radius 1 is 1.18 bits per heavy atom. The van der Waals surface area contributed by atoms with Gasteiger partial charge >= 0.3 is 0 Å². The summed E-state index contributed by atoms with van der Waals surface area (Å²) in [5.41, 5.74) is 0. The van der Waals surface area contributed by atoms with Crippen LogP contribution in [0.2, 0.25) is 0 Å². The molecule has 0 aliphatic carbocycles. The van der Waals surface area contributed by atoms with Crippen molar-refractivity contribution in [1.82, 2.24) is 4.98 Å². The van der Waals surface area contributed by atoms with Crippen LogP contribution in [-0.2, 0) is 0 Å². The maximum atomic E-state index is 8.14. The van der Waals surface area contributed by atoms with Gasteiger partial charge in [-0.05, 0) is 18.1 Å². The number of pyridine rings is 1. The molecule has 0 radical (unpaired) electrons. The number of aliphatic hydroxyl groups is 1. The smallest absolute Gasteiger partial charge is 0.0453 e. The molecule has 0 atom stereocenters. The Hall–Kier alpha value is -0.890. The molecule has 0 amide bonds. The molecule has 1 aromatic rings. The average Bonchev–Trinajstić information content (AvgIpc) is 2.09. The molecule has 0 unspecified atom stereocenters. The predicted octanol–water partition coefficient (Wildman–Crippen LogP) is 1.72. The van der Waals surface area contributed by atoms with Gasteiger partial charge in [-0.2, -0.15) is 0 Å². The molecule has 1 rings (SSSR count). The third-order valence-electron chi connectivity index (χ3n) is 0.932. The van der Waals surface area contributed by atoms with Gasteiger partial charge in [-0.25, -0.2) is 0 Å². The van der Waals surface area contributed by atoms with Gasteiger partial charge in [-0.1, -0.05) is 19.9 Å². The fourth-order valence-electron chi connectivity index (χ4n) is 0.313. The zero-order valence-electron chi connectivity index (χ0n) is 7.07. The molecule has 0 saturated carbocycles. The van der Waals surface area contributed by atoms with E-state index in [9.17, 15) is 0 Å². The highest BCUT2D eigenvalue weighted by Crippen LogP contribution is 1.83. The minimum absolute atomic E-state index is 0.306. The second kappa shape index (κ2) is 7.22. The zero-order valence-corrected chi connectivity index (χ0v) is 7.07. The maximum absolute atomic E-state index is 8.14. The third-order valence-corrected chi connectivity index (χ3v) is 0.932. The highest BCUT2D eigenvalue weighted by molar-refractivity contribution is 4.88. The van der Waals surface area contributed by atoms with Crippen LogP contribution in [0.15, 0.2) is 30.6 Å². The van der Waals surface area contributed by atoms with Crippen LogP contribution in [0.5, 0.6) is 0 Å². The number of aromatic nitrogens is 1. The Labute approximate surface area is 67.9 Å².